The summed E-state index contributed by atoms with van der Waals surface area (Å²) in [5.74, 6) is 0. The number of nitrogens with zero attached hydrogens (tertiary/aromatic N) is 2. The van der Waals surface area contributed by atoms with E-state index in [1.807, 2.05) is 0 Å². The lowest BCUT2D eigenvalue weighted by molar-refractivity contribution is 0.632. The number of hydrogen-bond acceptors (Lipinski definition) is 1. The van der Waals surface area contributed by atoms with Crippen LogP contribution in [0.25, 0.3) is 60.9 Å². The molecule has 2 aliphatic rings. The molecule has 10 aromatic carbocycles. The molecule has 312 valence electrons. The maximum Gasteiger partial charge on any atom is 0.0742 e. The maximum absolute atomic E-state index is 2.53. The fourth-order valence-corrected chi connectivity index (χ4v) is 11.5. The van der Waals surface area contributed by atoms with Gasteiger partial charge in [0.1, 0.15) is 0 Å². The van der Waals surface area contributed by atoms with E-state index in [4.69, 9.17) is 0 Å². The Morgan fingerprint density at radius 3 is 1.41 bits per heavy atom. The van der Waals surface area contributed by atoms with E-state index in [2.05, 4.69) is 266 Å². The normalized spacial score (nSPS) is 14.1. The highest BCUT2D eigenvalue weighted by Crippen LogP contribution is 2.56. The third kappa shape index (κ3) is 5.55. The Morgan fingerprint density at radius 2 is 0.788 bits per heavy atom. The molecule has 66 heavy (non-hydrogen) atoms. The number of benzene rings is 10. The van der Waals surface area contributed by atoms with Crippen molar-refractivity contribution in [1.29, 1.82) is 0 Å². The van der Waals surface area contributed by atoms with Gasteiger partial charge in [-0.25, -0.2) is 0 Å². The number of hydrogen-bond donors (Lipinski definition) is 0. The van der Waals surface area contributed by atoms with Crippen molar-refractivity contribution in [3.05, 3.63) is 276 Å². The Balaban J connectivity index is 1.00. The van der Waals surface area contributed by atoms with Gasteiger partial charge in [0.25, 0.3) is 0 Å². The second kappa shape index (κ2) is 14.7. The second-order valence-corrected chi connectivity index (χ2v) is 18.5. The zero-order valence-corrected chi connectivity index (χ0v) is 37.0. The molecule has 13 rings (SSSR count). The van der Waals surface area contributed by atoms with E-state index in [-0.39, 0.29) is 5.41 Å². The predicted octanol–water partition coefficient (Wildman–Crippen LogP) is 16.6. The van der Waals surface area contributed by atoms with Crippen LogP contribution in [0.2, 0.25) is 0 Å². The van der Waals surface area contributed by atoms with Crippen molar-refractivity contribution in [2.75, 3.05) is 4.90 Å². The Bertz CT molecular complexity index is 3600. The third-order valence-corrected chi connectivity index (χ3v) is 14.6. The fraction of sp³-hybridized carbons (Fsp3) is 0.0625. The van der Waals surface area contributed by atoms with Crippen LogP contribution in [0.5, 0.6) is 0 Å². The van der Waals surface area contributed by atoms with Crippen molar-refractivity contribution >= 4 is 38.9 Å². The lowest BCUT2D eigenvalue weighted by Crippen LogP contribution is -2.35. The lowest BCUT2D eigenvalue weighted by atomic mass is 9.63. The van der Waals surface area contributed by atoms with Crippen molar-refractivity contribution < 1.29 is 0 Å². The van der Waals surface area contributed by atoms with Crippen LogP contribution < -0.4 is 4.90 Å². The molecule has 3 heterocycles. The van der Waals surface area contributed by atoms with Gasteiger partial charge in [-0.15, -0.1) is 0 Å². The van der Waals surface area contributed by atoms with Gasteiger partial charge in [-0.1, -0.05) is 202 Å². The minimum Gasteiger partial charge on any atom is -0.310 e. The molecular formula is C64H46N2. The highest BCUT2D eigenvalue weighted by molar-refractivity contribution is 6.13. The molecule has 0 saturated carbocycles. The lowest BCUT2D eigenvalue weighted by Gasteiger charge is -2.42. The molecule has 0 saturated heterocycles. The molecule has 11 aromatic rings. The molecule has 0 radical (unpaired) electrons. The number of para-hydroxylation sites is 2. The summed E-state index contributed by atoms with van der Waals surface area (Å²) in [4.78, 5) is 2.47. The molecule has 2 aliphatic heterocycles. The minimum atomic E-state index is -0.500. The molecule has 2 nitrogen and oxygen atoms in total. The van der Waals surface area contributed by atoms with Crippen molar-refractivity contribution in [1.82, 2.24) is 4.57 Å². The molecule has 2 heteroatoms. The van der Waals surface area contributed by atoms with Gasteiger partial charge in [0, 0.05) is 21.9 Å². The van der Waals surface area contributed by atoms with E-state index in [9.17, 15) is 0 Å². The number of rotatable bonds is 6. The quantitative estimate of drug-likeness (QED) is 0.162. The molecule has 0 fully saturated rings. The highest BCUT2D eigenvalue weighted by atomic mass is 15.2. The molecule has 0 N–H and O–H groups in total. The van der Waals surface area contributed by atoms with Crippen LogP contribution in [-0.2, 0) is 10.8 Å². The van der Waals surface area contributed by atoms with Crippen molar-refractivity contribution in [3.8, 4) is 39.1 Å². The zero-order valence-electron chi connectivity index (χ0n) is 37.0. The standard InChI is InChI=1S/C64H46N2/c1-63(2)56-41-47(44-20-9-4-10-21-44)33-38-60(56)65(51-35-30-45(31-36-51)43-18-7-3-8-19-43)61-39-34-48(42-57(61)63)46-32-37-58-53(40-46)52-26-17-28-55-62(52)66(58)59-29-16-15-27-54(59)64(55,49-22-11-5-12-23-49)50-24-13-6-14-25-50/h3-42H,1-2H3. The monoisotopic (exact) mass is 842 g/mol. The maximum atomic E-state index is 2.53. The summed E-state index contributed by atoms with van der Waals surface area (Å²) in [5.41, 5.74) is 21.5. The van der Waals surface area contributed by atoms with Crippen molar-refractivity contribution in [2.45, 2.75) is 24.7 Å². The van der Waals surface area contributed by atoms with Crippen LogP contribution in [0.1, 0.15) is 47.2 Å². The number of fused-ring (bicyclic) bond motifs is 7. The molecular weight excluding hydrogens is 797 g/mol. The Kier molecular flexibility index (Phi) is 8.51. The van der Waals surface area contributed by atoms with E-state index < -0.39 is 5.41 Å². The zero-order chi connectivity index (χ0) is 44.0. The van der Waals surface area contributed by atoms with E-state index in [1.165, 1.54) is 106 Å². The average Bonchev–Trinajstić information content (AvgIpc) is 3.72. The molecule has 0 unspecified atom stereocenters. The topological polar surface area (TPSA) is 8.17 Å². The summed E-state index contributed by atoms with van der Waals surface area (Å²) >= 11 is 0. The van der Waals surface area contributed by atoms with Gasteiger partial charge in [-0.05, 0) is 121 Å². The molecule has 0 bridgehead atoms. The first kappa shape index (κ1) is 38.3. The van der Waals surface area contributed by atoms with E-state index in [0.29, 0.717) is 0 Å². The van der Waals surface area contributed by atoms with E-state index in [0.717, 1.165) is 5.69 Å². The first-order valence-corrected chi connectivity index (χ1v) is 23.1. The van der Waals surface area contributed by atoms with Gasteiger partial charge < -0.3 is 9.47 Å². The minimum absolute atomic E-state index is 0.290. The summed E-state index contributed by atoms with van der Waals surface area (Å²) < 4.78 is 2.53. The van der Waals surface area contributed by atoms with Crippen LogP contribution in [0, 0.1) is 0 Å². The van der Waals surface area contributed by atoms with Crippen molar-refractivity contribution in [3.63, 3.8) is 0 Å². The first-order chi connectivity index (χ1) is 32.5. The SMILES string of the molecule is CC1(C)c2cc(-c3ccccc3)ccc2N(c2ccc(-c3ccccc3)cc2)c2ccc(-c3ccc4c(c3)c3cccc5c3n4-c3ccccc3C5(c3ccccc3)c3ccccc3)cc21. The summed E-state index contributed by atoms with van der Waals surface area (Å²) in [5, 5.41) is 2.52. The molecule has 1 aromatic heterocycles. The Labute approximate surface area is 386 Å². The largest absolute Gasteiger partial charge is 0.310 e. The highest BCUT2D eigenvalue weighted by Gasteiger charge is 2.45. The summed E-state index contributed by atoms with van der Waals surface area (Å²) in [6.45, 7) is 4.80. The molecule has 0 aliphatic carbocycles. The van der Waals surface area contributed by atoms with Gasteiger partial charge in [0.15, 0.2) is 0 Å². The molecule has 0 amide bonds. The average molecular weight is 843 g/mol. The van der Waals surface area contributed by atoms with Crippen LogP contribution in [-0.4, -0.2) is 4.57 Å². The number of anilines is 3. The van der Waals surface area contributed by atoms with E-state index >= 15 is 0 Å². The van der Waals surface area contributed by atoms with E-state index in [1.54, 1.807) is 0 Å². The van der Waals surface area contributed by atoms with Crippen LogP contribution in [0.15, 0.2) is 243 Å². The summed E-state index contributed by atoms with van der Waals surface area (Å²) in [6.07, 6.45) is 0. The number of aromatic nitrogens is 1. The van der Waals surface area contributed by atoms with Gasteiger partial charge >= 0.3 is 0 Å². The third-order valence-electron chi connectivity index (χ3n) is 14.6. The Hall–Kier alpha value is -8.20. The summed E-state index contributed by atoms with van der Waals surface area (Å²) in [6, 6.07) is 90.0. The van der Waals surface area contributed by atoms with Crippen molar-refractivity contribution in [2.24, 2.45) is 0 Å². The predicted molar refractivity (Wildman–Crippen MR) is 276 cm³/mol. The van der Waals surface area contributed by atoms with Gasteiger partial charge in [0.05, 0.1) is 33.5 Å². The van der Waals surface area contributed by atoms with Crippen LogP contribution in [0.4, 0.5) is 17.1 Å². The van der Waals surface area contributed by atoms with Crippen LogP contribution >= 0.6 is 0 Å². The van der Waals surface area contributed by atoms with Crippen LogP contribution in [0.3, 0.4) is 0 Å². The molecule has 0 spiro atoms. The van der Waals surface area contributed by atoms with Gasteiger partial charge in [0.2, 0.25) is 0 Å². The van der Waals surface area contributed by atoms with Gasteiger partial charge in [-0.3, -0.25) is 0 Å². The van der Waals surface area contributed by atoms with Gasteiger partial charge in [-0.2, -0.15) is 0 Å². The molecule has 0 atom stereocenters. The Morgan fingerprint density at radius 1 is 0.318 bits per heavy atom. The second-order valence-electron chi connectivity index (χ2n) is 18.5. The summed E-state index contributed by atoms with van der Waals surface area (Å²) in [7, 11) is 0. The fourth-order valence-electron chi connectivity index (χ4n) is 11.5. The smallest absolute Gasteiger partial charge is 0.0742 e. The first-order valence-electron chi connectivity index (χ1n) is 23.1.